The van der Waals surface area contributed by atoms with Crippen LogP contribution in [0.15, 0.2) is 0 Å². The van der Waals surface area contributed by atoms with Gasteiger partial charge in [0.05, 0.1) is 6.04 Å². The lowest BCUT2D eigenvalue weighted by Crippen LogP contribution is -2.43. The normalized spacial score (nSPS) is 14.9. The molecule has 0 aliphatic heterocycles. The van der Waals surface area contributed by atoms with E-state index in [1.54, 1.807) is 0 Å². The molecule has 0 amide bonds. The Hall–Kier alpha value is -0.370. The van der Waals surface area contributed by atoms with Gasteiger partial charge in [-0.15, -0.1) is 0 Å². The van der Waals surface area contributed by atoms with E-state index >= 15 is 0 Å². The van der Waals surface area contributed by atoms with E-state index in [1.807, 2.05) is 41.5 Å². The van der Waals surface area contributed by atoms with Gasteiger partial charge < -0.3 is 5.32 Å². The van der Waals surface area contributed by atoms with E-state index in [2.05, 4.69) is 5.32 Å². The van der Waals surface area contributed by atoms with Crippen molar-refractivity contribution in [2.24, 2.45) is 5.41 Å². The first-order valence-electron chi connectivity index (χ1n) is 4.55. The van der Waals surface area contributed by atoms with Crippen LogP contribution in [0.2, 0.25) is 0 Å². The maximum absolute atomic E-state index is 11.6. The van der Waals surface area contributed by atoms with Crippen molar-refractivity contribution in [3.05, 3.63) is 0 Å². The predicted octanol–water partition coefficient (Wildman–Crippen LogP) is 1.99. The summed E-state index contributed by atoms with van der Waals surface area (Å²) in [5, 5.41) is 3.20. The van der Waals surface area contributed by atoms with Crippen LogP contribution in [0.3, 0.4) is 0 Å². The van der Waals surface area contributed by atoms with Gasteiger partial charge in [-0.1, -0.05) is 34.6 Å². The van der Waals surface area contributed by atoms with Gasteiger partial charge in [0.2, 0.25) is 0 Å². The van der Waals surface area contributed by atoms with Crippen molar-refractivity contribution in [1.82, 2.24) is 5.32 Å². The number of carbonyl (C=O) groups excluding carboxylic acids is 1. The van der Waals surface area contributed by atoms with Crippen molar-refractivity contribution in [1.29, 1.82) is 0 Å². The smallest absolute Gasteiger partial charge is 0.154 e. The minimum atomic E-state index is -0.235. The van der Waals surface area contributed by atoms with Gasteiger partial charge in [0.15, 0.2) is 5.78 Å². The molecule has 12 heavy (non-hydrogen) atoms. The Kier molecular flexibility index (Phi) is 3.91. The summed E-state index contributed by atoms with van der Waals surface area (Å²) < 4.78 is 0. The van der Waals surface area contributed by atoms with Gasteiger partial charge in [-0.05, 0) is 6.92 Å². The molecule has 0 rings (SSSR count). The van der Waals surface area contributed by atoms with Crippen LogP contribution >= 0.6 is 0 Å². The number of nitrogens with one attached hydrogen (secondary N) is 1. The summed E-state index contributed by atoms with van der Waals surface area (Å²) in [6, 6.07) is 0.330. The second-order valence-corrected chi connectivity index (χ2v) is 4.66. The minimum absolute atomic E-state index is 0.0370. The van der Waals surface area contributed by atoms with Crippen molar-refractivity contribution < 1.29 is 4.79 Å². The Morgan fingerprint density at radius 3 is 1.83 bits per heavy atom. The molecule has 1 N–H and O–H groups in total. The molecule has 0 aliphatic carbocycles. The standard InChI is InChI=1S/C10H21NO/c1-7(2)11-8(3)9(12)10(4,5)6/h7-8,11H,1-6H3/t8-/m1/s1. The molecule has 2 nitrogen and oxygen atoms in total. The minimum Gasteiger partial charge on any atom is -0.305 e. The quantitative estimate of drug-likeness (QED) is 0.703. The number of carbonyl (C=O) groups is 1. The fraction of sp³-hybridized carbons (Fsp3) is 0.900. The number of Topliss-reactive ketones (excluding diaryl/α,β-unsaturated/α-hetero) is 1. The predicted molar refractivity (Wildman–Crippen MR) is 52.2 cm³/mol. The zero-order valence-electron chi connectivity index (χ0n) is 9.06. The summed E-state index contributed by atoms with van der Waals surface area (Å²) in [5.74, 6) is 0.274. The Morgan fingerprint density at radius 2 is 1.58 bits per heavy atom. The fourth-order valence-electron chi connectivity index (χ4n) is 1.23. The summed E-state index contributed by atoms with van der Waals surface area (Å²) in [6.45, 7) is 11.9. The highest BCUT2D eigenvalue weighted by Gasteiger charge is 2.26. The second-order valence-electron chi connectivity index (χ2n) is 4.66. The Balaban J connectivity index is 4.12. The molecule has 0 aliphatic rings. The lowest BCUT2D eigenvalue weighted by atomic mass is 9.87. The Morgan fingerprint density at radius 1 is 1.17 bits per heavy atom. The van der Waals surface area contributed by atoms with Gasteiger partial charge in [-0.2, -0.15) is 0 Å². The lowest BCUT2D eigenvalue weighted by molar-refractivity contribution is -0.128. The molecule has 0 saturated heterocycles. The molecule has 0 radical (unpaired) electrons. The number of hydrogen-bond donors (Lipinski definition) is 1. The first kappa shape index (κ1) is 11.6. The van der Waals surface area contributed by atoms with E-state index in [1.165, 1.54) is 0 Å². The zero-order valence-corrected chi connectivity index (χ0v) is 9.06. The Labute approximate surface area is 75.7 Å². The van der Waals surface area contributed by atoms with E-state index in [0.717, 1.165) is 0 Å². The first-order valence-corrected chi connectivity index (χ1v) is 4.55. The maximum atomic E-state index is 11.6. The summed E-state index contributed by atoms with van der Waals surface area (Å²) in [6.07, 6.45) is 0. The van der Waals surface area contributed by atoms with Crippen LogP contribution in [0, 0.1) is 5.41 Å². The average molecular weight is 171 g/mol. The molecule has 0 spiro atoms. The van der Waals surface area contributed by atoms with Crippen molar-refractivity contribution in [3.63, 3.8) is 0 Å². The Bertz CT molecular complexity index is 156. The summed E-state index contributed by atoms with van der Waals surface area (Å²) >= 11 is 0. The molecule has 0 heterocycles. The molecule has 1 atom stereocenters. The van der Waals surface area contributed by atoms with E-state index in [4.69, 9.17) is 0 Å². The van der Waals surface area contributed by atoms with Gasteiger partial charge in [0.25, 0.3) is 0 Å². The third-order valence-corrected chi connectivity index (χ3v) is 1.72. The van der Waals surface area contributed by atoms with E-state index in [-0.39, 0.29) is 17.2 Å². The largest absolute Gasteiger partial charge is 0.305 e. The highest BCUT2D eigenvalue weighted by molar-refractivity contribution is 5.88. The molecule has 0 saturated carbocycles. The van der Waals surface area contributed by atoms with Crippen LogP contribution in [0.25, 0.3) is 0 Å². The highest BCUT2D eigenvalue weighted by Crippen LogP contribution is 2.16. The third kappa shape index (κ3) is 3.86. The van der Waals surface area contributed by atoms with Gasteiger partial charge in [-0.25, -0.2) is 0 Å². The van der Waals surface area contributed by atoms with E-state index < -0.39 is 0 Å². The van der Waals surface area contributed by atoms with Crippen LogP contribution in [0.1, 0.15) is 41.5 Å². The topological polar surface area (TPSA) is 29.1 Å². The van der Waals surface area contributed by atoms with Crippen LogP contribution in [-0.4, -0.2) is 17.9 Å². The summed E-state index contributed by atoms with van der Waals surface area (Å²) in [5.41, 5.74) is -0.235. The SMILES string of the molecule is CC(C)N[C@H](C)C(=O)C(C)(C)C. The molecule has 0 aromatic rings. The lowest BCUT2D eigenvalue weighted by Gasteiger charge is -2.24. The molecule has 2 heteroatoms. The van der Waals surface area contributed by atoms with Crippen LogP contribution in [0.4, 0.5) is 0 Å². The molecule has 0 unspecified atom stereocenters. The molecule has 0 bridgehead atoms. The van der Waals surface area contributed by atoms with E-state index in [9.17, 15) is 4.79 Å². The number of rotatable bonds is 3. The monoisotopic (exact) mass is 171 g/mol. The zero-order chi connectivity index (χ0) is 9.94. The molecular formula is C10H21NO. The van der Waals surface area contributed by atoms with Crippen LogP contribution < -0.4 is 5.32 Å². The molecule has 0 aromatic heterocycles. The first-order chi connectivity index (χ1) is 5.25. The highest BCUT2D eigenvalue weighted by atomic mass is 16.1. The fourth-order valence-corrected chi connectivity index (χ4v) is 1.23. The van der Waals surface area contributed by atoms with Crippen molar-refractivity contribution in [2.45, 2.75) is 53.6 Å². The third-order valence-electron chi connectivity index (χ3n) is 1.72. The van der Waals surface area contributed by atoms with Crippen molar-refractivity contribution in [3.8, 4) is 0 Å². The second kappa shape index (κ2) is 4.04. The maximum Gasteiger partial charge on any atom is 0.154 e. The van der Waals surface area contributed by atoms with E-state index in [0.29, 0.717) is 6.04 Å². The van der Waals surface area contributed by atoms with Crippen molar-refractivity contribution in [2.75, 3.05) is 0 Å². The summed E-state index contributed by atoms with van der Waals surface area (Å²) in [4.78, 5) is 11.6. The van der Waals surface area contributed by atoms with Gasteiger partial charge >= 0.3 is 0 Å². The van der Waals surface area contributed by atoms with Crippen molar-refractivity contribution >= 4 is 5.78 Å². The summed E-state index contributed by atoms with van der Waals surface area (Å²) in [7, 11) is 0. The molecule has 0 aromatic carbocycles. The molecule has 0 fully saturated rings. The molecular weight excluding hydrogens is 150 g/mol. The van der Waals surface area contributed by atoms with Crippen LogP contribution in [-0.2, 0) is 4.79 Å². The van der Waals surface area contributed by atoms with Gasteiger partial charge in [-0.3, -0.25) is 4.79 Å². The van der Waals surface area contributed by atoms with Gasteiger partial charge in [0.1, 0.15) is 0 Å². The molecule has 72 valence electrons. The van der Waals surface area contributed by atoms with Crippen LogP contribution in [0.5, 0.6) is 0 Å². The average Bonchev–Trinajstić information content (AvgIpc) is 1.82. The number of hydrogen-bond acceptors (Lipinski definition) is 2. The number of ketones is 1. The van der Waals surface area contributed by atoms with Gasteiger partial charge in [0, 0.05) is 11.5 Å².